The summed E-state index contributed by atoms with van der Waals surface area (Å²) in [6.45, 7) is 1.99. The number of aromatic nitrogens is 5. The normalized spacial score (nSPS) is 24.0. The maximum Gasteiger partial charge on any atom is 0.285 e. The van der Waals surface area contributed by atoms with E-state index < -0.39 is 0 Å². The van der Waals surface area contributed by atoms with Crippen molar-refractivity contribution in [1.82, 2.24) is 24.7 Å². The number of nitrogens with zero attached hydrogens (tertiary/aromatic N) is 7. The van der Waals surface area contributed by atoms with Crippen LogP contribution in [0.5, 0.6) is 0 Å². The lowest BCUT2D eigenvalue weighted by molar-refractivity contribution is -0.628. The highest BCUT2D eigenvalue weighted by atomic mass is 35.5. The molecule has 154 valence electrons. The molecule has 2 fully saturated rings. The third-order valence-electron chi connectivity index (χ3n) is 6.07. The number of hydrogen-bond acceptors (Lipinski definition) is 9. The number of nitrogen functional groups attached to an aromatic ring is 1. The van der Waals surface area contributed by atoms with Gasteiger partial charge in [0.1, 0.15) is 18.7 Å². The lowest BCUT2D eigenvalue weighted by Crippen LogP contribution is -2.94. The number of rotatable bonds is 4. The van der Waals surface area contributed by atoms with Crippen molar-refractivity contribution in [1.29, 1.82) is 0 Å². The molecule has 0 aromatic carbocycles. The molecule has 2 unspecified atom stereocenters. The third kappa shape index (κ3) is 2.73. The van der Waals surface area contributed by atoms with Gasteiger partial charge < -0.3 is 9.42 Å². The number of fused-ring (bicyclic) bond motifs is 2. The van der Waals surface area contributed by atoms with E-state index in [-0.39, 0.29) is 18.0 Å². The van der Waals surface area contributed by atoms with Crippen molar-refractivity contribution in [3.8, 4) is 0 Å². The van der Waals surface area contributed by atoms with Gasteiger partial charge in [0.2, 0.25) is 17.4 Å². The van der Waals surface area contributed by atoms with Crippen LogP contribution in [-0.4, -0.2) is 44.8 Å². The van der Waals surface area contributed by atoms with Crippen LogP contribution in [0.25, 0.3) is 0 Å². The minimum atomic E-state index is -0.156. The zero-order chi connectivity index (χ0) is 20.4. The van der Waals surface area contributed by atoms with Gasteiger partial charge in [-0.2, -0.15) is 15.4 Å². The fourth-order valence-electron chi connectivity index (χ4n) is 4.51. The predicted octanol–water partition coefficient (Wildman–Crippen LogP) is -0.172. The van der Waals surface area contributed by atoms with Gasteiger partial charge in [0, 0.05) is 30.2 Å². The second-order valence-electron chi connectivity index (χ2n) is 7.90. The summed E-state index contributed by atoms with van der Waals surface area (Å²) in [5.74, 6) is 3.83. The Morgan fingerprint density at radius 3 is 2.97 bits per heavy atom. The molecule has 6 rings (SSSR count). The molecule has 3 aromatic heterocycles. The maximum absolute atomic E-state index is 12.7. The first kappa shape index (κ1) is 17.7. The van der Waals surface area contributed by atoms with Crippen LogP contribution in [0.2, 0.25) is 5.02 Å². The fourth-order valence-corrected chi connectivity index (χ4v) is 4.67. The van der Waals surface area contributed by atoms with Crippen LogP contribution in [0.3, 0.4) is 0 Å². The first-order valence-corrected chi connectivity index (χ1v) is 10.1. The Bertz CT molecular complexity index is 1180. The second kappa shape index (κ2) is 6.41. The Morgan fingerprint density at radius 2 is 2.17 bits per heavy atom. The number of pyridine rings is 1. The topological polar surface area (TPSA) is 122 Å². The summed E-state index contributed by atoms with van der Waals surface area (Å²) in [5, 5.41) is 6.59. The maximum atomic E-state index is 12.7. The van der Waals surface area contributed by atoms with Gasteiger partial charge in [-0.25, -0.2) is 9.97 Å². The van der Waals surface area contributed by atoms with Crippen LogP contribution in [0, 0.1) is 11.8 Å². The number of anilines is 3. The van der Waals surface area contributed by atoms with E-state index in [9.17, 15) is 4.79 Å². The molecule has 2 atom stereocenters. The van der Waals surface area contributed by atoms with Crippen LogP contribution >= 0.6 is 11.6 Å². The summed E-state index contributed by atoms with van der Waals surface area (Å²) in [5.41, 5.74) is 5.00. The van der Waals surface area contributed by atoms with Crippen LogP contribution in [-0.2, 0) is 6.54 Å². The van der Waals surface area contributed by atoms with Gasteiger partial charge in [0.15, 0.2) is 5.82 Å². The summed E-state index contributed by atoms with van der Waals surface area (Å²) in [6, 6.07) is 3.67. The van der Waals surface area contributed by atoms with Gasteiger partial charge in [-0.3, -0.25) is 9.36 Å². The third-order valence-corrected chi connectivity index (χ3v) is 6.31. The molecule has 0 bridgehead atoms. The summed E-state index contributed by atoms with van der Waals surface area (Å²) < 4.78 is 6.91. The summed E-state index contributed by atoms with van der Waals surface area (Å²) in [7, 11) is 1.80. The summed E-state index contributed by atoms with van der Waals surface area (Å²) >= 11 is 6.08. The lowest BCUT2D eigenvalue weighted by Gasteiger charge is -2.20. The Balaban J connectivity index is 1.15. The summed E-state index contributed by atoms with van der Waals surface area (Å²) in [4.78, 5) is 28.2. The van der Waals surface area contributed by atoms with Crippen molar-refractivity contribution in [2.24, 2.45) is 11.8 Å². The largest absolute Gasteiger partial charge is 0.356 e. The average Bonchev–Trinajstić information content (AvgIpc) is 3.16. The minimum Gasteiger partial charge on any atom is -0.356 e. The molecular weight excluding hydrogens is 410 g/mol. The van der Waals surface area contributed by atoms with Gasteiger partial charge >= 0.3 is 0 Å². The van der Waals surface area contributed by atoms with E-state index in [0.717, 1.165) is 18.9 Å². The Kier molecular flexibility index (Phi) is 3.77. The van der Waals surface area contributed by atoms with Crippen molar-refractivity contribution < 1.29 is 10.1 Å². The molecule has 3 aromatic rings. The highest BCUT2D eigenvalue weighted by Crippen LogP contribution is 2.57. The van der Waals surface area contributed by atoms with Crippen LogP contribution < -0.4 is 26.4 Å². The molecule has 30 heavy (non-hydrogen) atoms. The Morgan fingerprint density at radius 1 is 1.33 bits per heavy atom. The number of nitrogens with one attached hydrogen (secondary N) is 1. The lowest BCUT2D eigenvalue weighted by atomic mass is 10.2. The van der Waals surface area contributed by atoms with E-state index in [0.29, 0.717) is 40.1 Å². The Labute approximate surface area is 175 Å². The molecule has 0 amide bonds. The summed E-state index contributed by atoms with van der Waals surface area (Å²) in [6.07, 6.45) is 3.22. The first-order chi connectivity index (χ1) is 14.6. The molecule has 2 aliphatic heterocycles. The van der Waals surface area contributed by atoms with E-state index in [2.05, 4.69) is 30.4 Å². The highest BCUT2D eigenvalue weighted by molar-refractivity contribution is 6.30. The molecule has 3 N–H and O–H groups in total. The van der Waals surface area contributed by atoms with Gasteiger partial charge in [0.25, 0.3) is 5.56 Å². The second-order valence-corrected chi connectivity index (χ2v) is 8.33. The standard InChI is InChI=1S/C18H18ClN9O2/c1-26-15-17(23-25-26)21-8-28(18(15)29)7-13-22-16(24-30-13)14-10-5-27(6-11(10)14)12-4-9(19)2-3-20-12/h2-4,8,10-11,14,23,25H,5-7H2,1H3/p+1. The van der Waals surface area contributed by atoms with Crippen LogP contribution in [0.1, 0.15) is 17.6 Å². The van der Waals surface area contributed by atoms with Gasteiger partial charge in [-0.1, -0.05) is 16.8 Å². The van der Waals surface area contributed by atoms with E-state index in [1.807, 2.05) is 6.07 Å². The molecular formula is C18H19ClN9O2+. The van der Waals surface area contributed by atoms with Crippen molar-refractivity contribution in [2.45, 2.75) is 12.5 Å². The molecule has 3 aliphatic rings. The quantitative estimate of drug-likeness (QED) is 0.545. The number of hydrogen-bond donors (Lipinski definition) is 2. The molecule has 12 heteroatoms. The van der Waals surface area contributed by atoms with Gasteiger partial charge in [-0.05, 0) is 24.0 Å². The first-order valence-electron chi connectivity index (χ1n) is 9.69. The monoisotopic (exact) mass is 428 g/mol. The molecule has 1 saturated heterocycles. The molecule has 0 spiro atoms. The zero-order valence-corrected chi connectivity index (χ0v) is 16.8. The van der Waals surface area contributed by atoms with E-state index in [1.165, 1.54) is 10.9 Å². The molecule has 1 saturated carbocycles. The molecule has 1 aliphatic carbocycles. The minimum absolute atomic E-state index is 0.156. The number of nitrogens with two attached hydrogens (primary N) is 1. The van der Waals surface area contributed by atoms with Crippen molar-refractivity contribution in [3.63, 3.8) is 0 Å². The SMILES string of the molecule is CN1[NH2+]Nc2ncn(Cc3nc(C4C5CN(c6cc(Cl)ccn6)CC54)no3)c(=O)c21. The van der Waals surface area contributed by atoms with E-state index in [4.69, 9.17) is 16.1 Å². The van der Waals surface area contributed by atoms with E-state index in [1.54, 1.807) is 29.9 Å². The van der Waals surface area contributed by atoms with Crippen LogP contribution in [0.15, 0.2) is 34.0 Å². The number of piperidine rings is 1. The zero-order valence-electron chi connectivity index (χ0n) is 16.1. The average molecular weight is 429 g/mol. The van der Waals surface area contributed by atoms with Gasteiger partial charge in [0.05, 0.1) is 7.05 Å². The number of quaternary nitrogens is 1. The van der Waals surface area contributed by atoms with E-state index >= 15 is 0 Å². The van der Waals surface area contributed by atoms with Crippen LogP contribution in [0.4, 0.5) is 17.3 Å². The van der Waals surface area contributed by atoms with Crippen molar-refractivity contribution in [3.05, 3.63) is 51.7 Å². The molecule has 5 heterocycles. The fraction of sp³-hybridized carbons (Fsp3) is 0.389. The number of halogens is 1. The highest BCUT2D eigenvalue weighted by Gasteiger charge is 2.58. The van der Waals surface area contributed by atoms with Crippen molar-refractivity contribution >= 4 is 28.9 Å². The predicted molar refractivity (Wildman–Crippen MR) is 107 cm³/mol. The molecule has 0 radical (unpaired) electrons. The molecule has 11 nitrogen and oxygen atoms in total. The Hall–Kier alpha value is -3.18. The van der Waals surface area contributed by atoms with Crippen molar-refractivity contribution in [2.75, 3.05) is 35.5 Å². The smallest absolute Gasteiger partial charge is 0.285 e. The van der Waals surface area contributed by atoms with Gasteiger partial charge in [-0.15, -0.1) is 5.53 Å².